The van der Waals surface area contributed by atoms with Gasteiger partial charge < -0.3 is 15.5 Å². The number of hydrogen-bond donors (Lipinski definition) is 4. The van der Waals surface area contributed by atoms with E-state index < -0.39 is 6.10 Å². The van der Waals surface area contributed by atoms with Gasteiger partial charge in [0.05, 0.1) is 23.6 Å². The molecule has 2 rings (SSSR count). The first-order chi connectivity index (χ1) is 8.11. The molecule has 1 unspecified atom stereocenters. The maximum absolute atomic E-state index is 13.7. The number of nitrogens with zero attached hydrogens (tertiary/aromatic N) is 1. The van der Waals surface area contributed by atoms with E-state index in [4.69, 9.17) is 5.11 Å². The van der Waals surface area contributed by atoms with Crippen LogP contribution in [-0.4, -0.2) is 39.7 Å². The lowest BCUT2D eigenvalue weighted by atomic mass is 10.2. The van der Waals surface area contributed by atoms with E-state index in [2.05, 4.69) is 15.5 Å². The minimum absolute atomic E-state index is 0.158. The number of H-pyrrole nitrogens is 1. The van der Waals surface area contributed by atoms with Crippen molar-refractivity contribution >= 4 is 16.6 Å². The monoisotopic (exact) mass is 239 g/mol. The van der Waals surface area contributed by atoms with Gasteiger partial charge in [-0.15, -0.1) is 0 Å². The molecular formula is C11H14FN3O2. The Bertz CT molecular complexity index is 527. The molecule has 1 aromatic carbocycles. The Morgan fingerprint density at radius 2 is 2.29 bits per heavy atom. The molecule has 4 N–H and O–H groups in total. The standard InChI is InChI=1S/C11H14FN3O2/c1-6-11-9(12)2-7(3-10(11)15-14-6)13-4-8(17)5-16/h2-3,8,13,16-17H,4-5H2,1H3,(H,14,15). The van der Waals surface area contributed by atoms with E-state index in [1.807, 2.05) is 0 Å². The predicted octanol–water partition coefficient (Wildman–Crippen LogP) is 0.776. The van der Waals surface area contributed by atoms with Gasteiger partial charge in [-0.2, -0.15) is 5.10 Å². The van der Waals surface area contributed by atoms with Gasteiger partial charge in [0.1, 0.15) is 5.82 Å². The first-order valence-corrected chi connectivity index (χ1v) is 5.29. The molecule has 5 nitrogen and oxygen atoms in total. The molecule has 0 fully saturated rings. The Hall–Kier alpha value is -1.66. The Morgan fingerprint density at radius 3 is 3.00 bits per heavy atom. The first-order valence-electron chi connectivity index (χ1n) is 5.29. The molecule has 0 aliphatic heterocycles. The zero-order chi connectivity index (χ0) is 12.4. The maximum Gasteiger partial charge on any atom is 0.136 e. The molecule has 0 bridgehead atoms. The highest BCUT2D eigenvalue weighted by molar-refractivity contribution is 5.85. The average molecular weight is 239 g/mol. The minimum Gasteiger partial charge on any atom is -0.394 e. The molecule has 17 heavy (non-hydrogen) atoms. The van der Waals surface area contributed by atoms with Crippen LogP contribution in [0.5, 0.6) is 0 Å². The molecule has 6 heteroatoms. The summed E-state index contributed by atoms with van der Waals surface area (Å²) in [4.78, 5) is 0. The molecule has 0 radical (unpaired) electrons. The van der Waals surface area contributed by atoms with Crippen molar-refractivity contribution in [1.82, 2.24) is 10.2 Å². The second-order valence-electron chi connectivity index (χ2n) is 3.92. The quantitative estimate of drug-likeness (QED) is 0.635. The van der Waals surface area contributed by atoms with E-state index in [0.29, 0.717) is 22.3 Å². The van der Waals surface area contributed by atoms with E-state index >= 15 is 0 Å². The molecule has 1 heterocycles. The molecule has 0 aliphatic rings. The first kappa shape index (κ1) is 11.8. The number of aliphatic hydroxyl groups is 2. The third-order valence-corrected chi connectivity index (χ3v) is 2.54. The van der Waals surface area contributed by atoms with Crippen molar-refractivity contribution in [2.75, 3.05) is 18.5 Å². The van der Waals surface area contributed by atoms with E-state index in [1.54, 1.807) is 13.0 Å². The highest BCUT2D eigenvalue weighted by atomic mass is 19.1. The van der Waals surface area contributed by atoms with Crippen molar-refractivity contribution in [2.45, 2.75) is 13.0 Å². The molecule has 0 spiro atoms. The number of halogens is 1. The fourth-order valence-corrected chi connectivity index (χ4v) is 1.65. The van der Waals surface area contributed by atoms with Crippen LogP contribution in [0.25, 0.3) is 10.9 Å². The number of aromatic nitrogens is 2. The summed E-state index contributed by atoms with van der Waals surface area (Å²) in [5, 5.41) is 27.8. The van der Waals surface area contributed by atoms with Gasteiger partial charge in [-0.25, -0.2) is 4.39 Å². The fraction of sp³-hybridized carbons (Fsp3) is 0.364. The van der Waals surface area contributed by atoms with Crippen LogP contribution in [0, 0.1) is 12.7 Å². The van der Waals surface area contributed by atoms with Gasteiger partial charge >= 0.3 is 0 Å². The van der Waals surface area contributed by atoms with E-state index in [1.165, 1.54) is 6.07 Å². The predicted molar refractivity (Wildman–Crippen MR) is 62.4 cm³/mol. The fourth-order valence-electron chi connectivity index (χ4n) is 1.65. The molecule has 1 aromatic heterocycles. The summed E-state index contributed by atoms with van der Waals surface area (Å²) in [6, 6.07) is 3.03. The SMILES string of the molecule is Cc1[nH]nc2cc(NCC(O)CO)cc(F)c12. The molecule has 0 saturated heterocycles. The lowest BCUT2D eigenvalue weighted by Gasteiger charge is -2.10. The number of nitrogens with one attached hydrogen (secondary N) is 2. The number of aliphatic hydroxyl groups excluding tert-OH is 2. The summed E-state index contributed by atoms with van der Waals surface area (Å²) in [6.07, 6.45) is -0.866. The van der Waals surface area contributed by atoms with Gasteiger partial charge in [0, 0.05) is 17.9 Å². The van der Waals surface area contributed by atoms with E-state index in [0.717, 1.165) is 0 Å². The number of aryl methyl sites for hydroxylation is 1. The lowest BCUT2D eigenvalue weighted by Crippen LogP contribution is -2.22. The van der Waals surface area contributed by atoms with Gasteiger partial charge in [-0.05, 0) is 19.1 Å². The molecule has 92 valence electrons. The Balaban J connectivity index is 2.25. The molecule has 0 amide bonds. The lowest BCUT2D eigenvalue weighted by molar-refractivity contribution is 0.105. The largest absolute Gasteiger partial charge is 0.394 e. The van der Waals surface area contributed by atoms with Crippen molar-refractivity contribution in [3.63, 3.8) is 0 Å². The van der Waals surface area contributed by atoms with Gasteiger partial charge in [0.25, 0.3) is 0 Å². The minimum atomic E-state index is -0.866. The van der Waals surface area contributed by atoms with Crippen molar-refractivity contribution in [3.05, 3.63) is 23.6 Å². The van der Waals surface area contributed by atoms with Crippen LogP contribution < -0.4 is 5.32 Å². The van der Waals surface area contributed by atoms with Crippen molar-refractivity contribution in [3.8, 4) is 0 Å². The summed E-state index contributed by atoms with van der Waals surface area (Å²) in [7, 11) is 0. The number of anilines is 1. The third kappa shape index (κ3) is 2.37. The van der Waals surface area contributed by atoms with Crippen LogP contribution in [0.2, 0.25) is 0 Å². The molecule has 0 aliphatic carbocycles. The Labute approximate surface area is 97.3 Å². The van der Waals surface area contributed by atoms with Crippen LogP contribution in [0.15, 0.2) is 12.1 Å². The second-order valence-corrected chi connectivity index (χ2v) is 3.92. The van der Waals surface area contributed by atoms with Gasteiger partial charge in [0.2, 0.25) is 0 Å². The van der Waals surface area contributed by atoms with E-state index in [9.17, 15) is 9.50 Å². The topological polar surface area (TPSA) is 81.2 Å². The summed E-state index contributed by atoms with van der Waals surface area (Å²) >= 11 is 0. The summed E-state index contributed by atoms with van der Waals surface area (Å²) < 4.78 is 13.7. The molecular weight excluding hydrogens is 225 g/mol. The maximum atomic E-state index is 13.7. The zero-order valence-electron chi connectivity index (χ0n) is 9.37. The summed E-state index contributed by atoms with van der Waals surface area (Å²) in [6.45, 7) is 1.57. The molecule has 2 aromatic rings. The Morgan fingerprint density at radius 1 is 1.53 bits per heavy atom. The second kappa shape index (κ2) is 4.68. The van der Waals surface area contributed by atoms with E-state index in [-0.39, 0.29) is 19.0 Å². The van der Waals surface area contributed by atoms with Crippen LogP contribution in [0.1, 0.15) is 5.69 Å². The normalized spacial score (nSPS) is 12.9. The number of hydrogen-bond acceptors (Lipinski definition) is 4. The number of rotatable bonds is 4. The zero-order valence-corrected chi connectivity index (χ0v) is 9.37. The summed E-state index contributed by atoms with van der Waals surface area (Å²) in [5.74, 6) is -0.366. The van der Waals surface area contributed by atoms with Crippen LogP contribution >= 0.6 is 0 Å². The highest BCUT2D eigenvalue weighted by Crippen LogP contribution is 2.23. The van der Waals surface area contributed by atoms with Crippen LogP contribution in [-0.2, 0) is 0 Å². The summed E-state index contributed by atoms with van der Waals surface area (Å²) in [5.41, 5.74) is 1.73. The highest BCUT2D eigenvalue weighted by Gasteiger charge is 2.10. The van der Waals surface area contributed by atoms with Crippen LogP contribution in [0.4, 0.5) is 10.1 Å². The molecule has 0 saturated carbocycles. The van der Waals surface area contributed by atoms with Crippen molar-refractivity contribution in [1.29, 1.82) is 0 Å². The van der Waals surface area contributed by atoms with Crippen LogP contribution in [0.3, 0.4) is 0 Å². The smallest absolute Gasteiger partial charge is 0.136 e. The van der Waals surface area contributed by atoms with Crippen molar-refractivity contribution in [2.24, 2.45) is 0 Å². The van der Waals surface area contributed by atoms with Gasteiger partial charge in [-0.3, -0.25) is 5.10 Å². The third-order valence-electron chi connectivity index (χ3n) is 2.54. The Kier molecular flexibility index (Phi) is 3.26. The van der Waals surface area contributed by atoms with Gasteiger partial charge in [-0.1, -0.05) is 0 Å². The number of fused-ring (bicyclic) bond motifs is 1. The molecule has 1 atom stereocenters. The number of benzene rings is 1. The van der Waals surface area contributed by atoms with Gasteiger partial charge in [0.15, 0.2) is 0 Å². The average Bonchev–Trinajstić information content (AvgIpc) is 2.68. The van der Waals surface area contributed by atoms with Crippen molar-refractivity contribution < 1.29 is 14.6 Å². The number of aromatic amines is 1.